The van der Waals surface area contributed by atoms with Crippen molar-refractivity contribution in [3.63, 3.8) is 0 Å². The Morgan fingerprint density at radius 2 is 1.76 bits per heavy atom. The lowest BCUT2D eigenvalue weighted by Gasteiger charge is -2.18. The number of hydrogen-bond acceptors (Lipinski definition) is 3. The largest absolute Gasteiger partial charge is 0.486 e. The van der Waals surface area contributed by atoms with E-state index in [4.69, 9.17) is 9.47 Å². The van der Waals surface area contributed by atoms with E-state index in [2.05, 4.69) is 0 Å². The SMILES string of the molecule is O=C(Cc1cc(F)ccc1F)c1ccc2c(c1)OCCO2. The molecule has 21 heavy (non-hydrogen) atoms. The molecule has 5 heteroatoms. The Bertz CT molecular complexity index is 698. The van der Waals surface area contributed by atoms with Gasteiger partial charge in [-0.15, -0.1) is 0 Å². The highest BCUT2D eigenvalue weighted by Crippen LogP contribution is 2.31. The minimum atomic E-state index is -0.595. The lowest BCUT2D eigenvalue weighted by molar-refractivity contribution is 0.0990. The molecule has 0 fully saturated rings. The predicted octanol–water partition coefficient (Wildman–Crippen LogP) is 3.16. The summed E-state index contributed by atoms with van der Waals surface area (Å²) in [6.45, 7) is 0.887. The number of carbonyl (C=O) groups excluding carboxylic acids is 1. The first kappa shape index (κ1) is 13.5. The van der Waals surface area contributed by atoms with E-state index in [0.717, 1.165) is 18.2 Å². The molecule has 2 aromatic rings. The standard InChI is InChI=1S/C16H12F2O3/c17-12-2-3-13(18)11(7-12)8-14(19)10-1-4-15-16(9-10)21-6-5-20-15/h1-4,7,9H,5-6,8H2. The molecule has 0 unspecified atom stereocenters. The van der Waals surface area contributed by atoms with Gasteiger partial charge < -0.3 is 9.47 Å². The highest BCUT2D eigenvalue weighted by Gasteiger charge is 2.16. The quantitative estimate of drug-likeness (QED) is 0.815. The average Bonchev–Trinajstić information content (AvgIpc) is 2.50. The van der Waals surface area contributed by atoms with Crippen LogP contribution in [0.4, 0.5) is 8.78 Å². The number of ketones is 1. The summed E-state index contributed by atoms with van der Waals surface area (Å²) in [6, 6.07) is 7.87. The van der Waals surface area contributed by atoms with Gasteiger partial charge in [0.15, 0.2) is 17.3 Å². The predicted molar refractivity (Wildman–Crippen MR) is 71.8 cm³/mol. The molecule has 0 bridgehead atoms. The minimum absolute atomic E-state index is 0.0369. The first-order chi connectivity index (χ1) is 10.1. The summed E-state index contributed by atoms with van der Waals surface area (Å²) in [6.07, 6.45) is -0.205. The van der Waals surface area contributed by atoms with Crippen LogP contribution < -0.4 is 9.47 Å². The van der Waals surface area contributed by atoms with Crippen LogP contribution in [0.3, 0.4) is 0 Å². The van der Waals surface area contributed by atoms with Crippen molar-refractivity contribution in [3.05, 3.63) is 59.2 Å². The van der Waals surface area contributed by atoms with Crippen molar-refractivity contribution >= 4 is 5.78 Å². The van der Waals surface area contributed by atoms with E-state index >= 15 is 0 Å². The highest BCUT2D eigenvalue weighted by molar-refractivity contribution is 5.98. The van der Waals surface area contributed by atoms with E-state index in [9.17, 15) is 13.6 Å². The van der Waals surface area contributed by atoms with E-state index in [1.165, 1.54) is 0 Å². The summed E-state index contributed by atoms with van der Waals surface area (Å²) in [7, 11) is 0. The van der Waals surface area contributed by atoms with Gasteiger partial charge in [0.1, 0.15) is 24.8 Å². The Balaban J connectivity index is 1.83. The number of benzene rings is 2. The minimum Gasteiger partial charge on any atom is -0.486 e. The van der Waals surface area contributed by atoms with Crippen molar-refractivity contribution in [3.8, 4) is 11.5 Å². The number of hydrogen-bond donors (Lipinski definition) is 0. The van der Waals surface area contributed by atoms with Crippen LogP contribution in [0.5, 0.6) is 11.5 Å². The molecule has 0 atom stereocenters. The summed E-state index contributed by atoms with van der Waals surface area (Å²) < 4.78 is 37.4. The van der Waals surface area contributed by atoms with Gasteiger partial charge in [0.2, 0.25) is 0 Å². The number of carbonyl (C=O) groups is 1. The zero-order valence-corrected chi connectivity index (χ0v) is 11.1. The van der Waals surface area contributed by atoms with Crippen LogP contribution in [0, 0.1) is 11.6 Å². The monoisotopic (exact) mass is 290 g/mol. The average molecular weight is 290 g/mol. The number of halogens is 2. The van der Waals surface area contributed by atoms with Crippen molar-refractivity contribution in [1.82, 2.24) is 0 Å². The molecule has 108 valence electrons. The molecule has 3 nitrogen and oxygen atoms in total. The Labute approximate surface area is 120 Å². The van der Waals surface area contributed by atoms with Crippen LogP contribution in [0.2, 0.25) is 0 Å². The van der Waals surface area contributed by atoms with Crippen LogP contribution in [0.25, 0.3) is 0 Å². The van der Waals surface area contributed by atoms with Gasteiger partial charge in [-0.1, -0.05) is 0 Å². The molecular weight excluding hydrogens is 278 g/mol. The maximum absolute atomic E-state index is 13.6. The molecule has 1 heterocycles. The molecule has 3 rings (SSSR count). The second-order valence-electron chi connectivity index (χ2n) is 4.69. The van der Waals surface area contributed by atoms with E-state index < -0.39 is 11.6 Å². The number of rotatable bonds is 3. The zero-order chi connectivity index (χ0) is 14.8. The van der Waals surface area contributed by atoms with Crippen molar-refractivity contribution in [2.24, 2.45) is 0 Å². The molecule has 1 aliphatic heterocycles. The lowest BCUT2D eigenvalue weighted by Crippen LogP contribution is -2.16. The third-order valence-electron chi connectivity index (χ3n) is 3.22. The van der Waals surface area contributed by atoms with Gasteiger partial charge in [-0.3, -0.25) is 4.79 Å². The smallest absolute Gasteiger partial charge is 0.167 e. The lowest BCUT2D eigenvalue weighted by atomic mass is 10.0. The van der Waals surface area contributed by atoms with Crippen LogP contribution in [0.15, 0.2) is 36.4 Å². The molecule has 1 aliphatic rings. The number of Topliss-reactive ketones (excluding diaryl/α,β-unsaturated/α-hetero) is 1. The molecule has 0 spiro atoms. The molecule has 0 radical (unpaired) electrons. The fourth-order valence-electron chi connectivity index (χ4n) is 2.17. The van der Waals surface area contributed by atoms with Crippen molar-refractivity contribution in [1.29, 1.82) is 0 Å². The Kier molecular flexibility index (Phi) is 3.56. The second kappa shape index (κ2) is 5.52. The van der Waals surface area contributed by atoms with Gasteiger partial charge in [-0.2, -0.15) is 0 Å². The summed E-state index contributed by atoms with van der Waals surface area (Å²) in [5.41, 5.74) is 0.415. The van der Waals surface area contributed by atoms with Gasteiger partial charge in [0.25, 0.3) is 0 Å². The van der Waals surface area contributed by atoms with Gasteiger partial charge in [-0.25, -0.2) is 8.78 Å². The number of ether oxygens (including phenoxy) is 2. The van der Waals surface area contributed by atoms with Crippen molar-refractivity contribution in [2.45, 2.75) is 6.42 Å². The van der Waals surface area contributed by atoms with E-state index in [-0.39, 0.29) is 17.8 Å². The van der Waals surface area contributed by atoms with Gasteiger partial charge >= 0.3 is 0 Å². The van der Waals surface area contributed by atoms with Crippen LogP contribution >= 0.6 is 0 Å². The Morgan fingerprint density at radius 3 is 2.57 bits per heavy atom. The molecule has 0 amide bonds. The van der Waals surface area contributed by atoms with E-state index in [1.807, 2.05) is 0 Å². The maximum Gasteiger partial charge on any atom is 0.167 e. The Hall–Kier alpha value is -2.43. The number of fused-ring (bicyclic) bond motifs is 1. The topological polar surface area (TPSA) is 35.5 Å². The summed E-state index contributed by atoms with van der Waals surface area (Å²) >= 11 is 0. The van der Waals surface area contributed by atoms with Crippen molar-refractivity contribution < 1.29 is 23.0 Å². The van der Waals surface area contributed by atoms with Gasteiger partial charge in [0.05, 0.1) is 0 Å². The van der Waals surface area contributed by atoms with Crippen LogP contribution in [0.1, 0.15) is 15.9 Å². The third-order valence-corrected chi connectivity index (χ3v) is 3.22. The second-order valence-corrected chi connectivity index (χ2v) is 4.69. The first-order valence-electron chi connectivity index (χ1n) is 6.50. The fourth-order valence-corrected chi connectivity index (χ4v) is 2.17. The highest BCUT2D eigenvalue weighted by atomic mass is 19.1. The Morgan fingerprint density at radius 1 is 1.00 bits per heavy atom. The third kappa shape index (κ3) is 2.86. The van der Waals surface area contributed by atoms with E-state index in [1.54, 1.807) is 18.2 Å². The zero-order valence-electron chi connectivity index (χ0n) is 11.1. The molecule has 0 N–H and O–H groups in total. The molecule has 0 aromatic heterocycles. The van der Waals surface area contributed by atoms with Crippen LogP contribution in [-0.2, 0) is 6.42 Å². The maximum atomic E-state index is 13.6. The molecule has 2 aromatic carbocycles. The summed E-state index contributed by atoms with van der Waals surface area (Å²) in [5.74, 6) is -0.401. The molecular formula is C16H12F2O3. The van der Waals surface area contributed by atoms with Gasteiger partial charge in [-0.05, 0) is 42.0 Å². The van der Waals surface area contributed by atoms with Crippen molar-refractivity contribution in [2.75, 3.05) is 13.2 Å². The van der Waals surface area contributed by atoms with E-state index in [0.29, 0.717) is 30.3 Å². The van der Waals surface area contributed by atoms with Gasteiger partial charge in [0, 0.05) is 12.0 Å². The van der Waals surface area contributed by atoms with Crippen LogP contribution in [-0.4, -0.2) is 19.0 Å². The summed E-state index contributed by atoms with van der Waals surface area (Å²) in [4.78, 5) is 12.2. The normalized spacial score (nSPS) is 13.0. The molecule has 0 saturated heterocycles. The molecule has 0 aliphatic carbocycles. The molecule has 0 saturated carbocycles. The fraction of sp³-hybridized carbons (Fsp3) is 0.188. The summed E-state index contributed by atoms with van der Waals surface area (Å²) in [5, 5.41) is 0. The first-order valence-corrected chi connectivity index (χ1v) is 6.50.